The van der Waals surface area contributed by atoms with Crippen LogP contribution in [0.3, 0.4) is 0 Å². The molecule has 1 aliphatic rings. The van der Waals surface area contributed by atoms with Crippen molar-refractivity contribution in [2.75, 3.05) is 33.4 Å². The Kier molecular flexibility index (Phi) is 5.14. The molecule has 1 aromatic heterocycles. The summed E-state index contributed by atoms with van der Waals surface area (Å²) in [5.74, 6) is 0. The molecule has 1 saturated heterocycles. The summed E-state index contributed by atoms with van der Waals surface area (Å²) in [5.41, 5.74) is 0.562. The van der Waals surface area contributed by atoms with Crippen LogP contribution in [0.2, 0.25) is 0 Å². The van der Waals surface area contributed by atoms with E-state index in [1.165, 1.54) is 10.5 Å². The second kappa shape index (κ2) is 6.66. The Hall–Kier alpha value is -0.960. The minimum Gasteiger partial charge on any atom is -0.383 e. The number of aromatic amines is 1. The fraction of sp³-hybridized carbons (Fsp3) is 0.750. The van der Waals surface area contributed by atoms with Crippen LogP contribution in [0.25, 0.3) is 0 Å². The monoisotopic (exact) mass is 302 g/mol. The van der Waals surface area contributed by atoms with Crippen LogP contribution in [0.5, 0.6) is 0 Å². The summed E-state index contributed by atoms with van der Waals surface area (Å²) in [6.45, 7) is 3.86. The quantitative estimate of drug-likeness (QED) is 0.746. The number of nitrogens with zero attached hydrogens (tertiary/aromatic N) is 2. The van der Waals surface area contributed by atoms with Crippen molar-refractivity contribution < 1.29 is 13.2 Å². The number of aromatic nitrogens is 2. The Labute approximate surface area is 119 Å². The average Bonchev–Trinajstić information content (AvgIpc) is 3.05. The van der Waals surface area contributed by atoms with Gasteiger partial charge in [0, 0.05) is 26.2 Å². The van der Waals surface area contributed by atoms with Crippen LogP contribution in [-0.2, 0) is 14.8 Å². The largest absolute Gasteiger partial charge is 0.383 e. The number of nitrogens with one attached hydrogen (secondary N) is 2. The van der Waals surface area contributed by atoms with Gasteiger partial charge in [-0.3, -0.25) is 5.10 Å². The van der Waals surface area contributed by atoms with Gasteiger partial charge >= 0.3 is 0 Å². The molecule has 2 N–H and O–H groups in total. The van der Waals surface area contributed by atoms with Crippen LogP contribution >= 0.6 is 0 Å². The van der Waals surface area contributed by atoms with Gasteiger partial charge in [-0.25, -0.2) is 8.42 Å². The Morgan fingerprint density at radius 3 is 2.90 bits per heavy atom. The third kappa shape index (κ3) is 3.38. The van der Waals surface area contributed by atoms with Gasteiger partial charge in [0.25, 0.3) is 0 Å². The summed E-state index contributed by atoms with van der Waals surface area (Å²) in [4.78, 5) is 0.242. The number of sulfonamides is 1. The molecule has 0 bridgehead atoms. The van der Waals surface area contributed by atoms with E-state index in [9.17, 15) is 8.42 Å². The minimum atomic E-state index is -3.53. The lowest BCUT2D eigenvalue weighted by atomic mass is 10.2. The number of hydrogen-bond donors (Lipinski definition) is 2. The van der Waals surface area contributed by atoms with E-state index in [0.717, 1.165) is 19.4 Å². The highest BCUT2D eigenvalue weighted by Crippen LogP contribution is 2.19. The van der Waals surface area contributed by atoms with Gasteiger partial charge in [-0.1, -0.05) is 0 Å². The van der Waals surface area contributed by atoms with Crippen molar-refractivity contribution in [1.82, 2.24) is 19.8 Å². The van der Waals surface area contributed by atoms with E-state index in [1.807, 2.05) is 0 Å². The second-order valence-corrected chi connectivity index (χ2v) is 6.91. The highest BCUT2D eigenvalue weighted by molar-refractivity contribution is 7.89. The molecular formula is C12H22N4O3S. The number of ether oxygens (including phenoxy) is 1. The van der Waals surface area contributed by atoms with Crippen molar-refractivity contribution in [3.05, 3.63) is 11.9 Å². The molecule has 0 spiro atoms. The van der Waals surface area contributed by atoms with Crippen LogP contribution in [0.4, 0.5) is 0 Å². The molecule has 0 saturated carbocycles. The predicted molar refractivity (Wildman–Crippen MR) is 75.0 cm³/mol. The summed E-state index contributed by atoms with van der Waals surface area (Å²) in [5, 5.41) is 9.81. The van der Waals surface area contributed by atoms with Crippen molar-refractivity contribution in [1.29, 1.82) is 0 Å². The summed E-state index contributed by atoms with van der Waals surface area (Å²) in [6.07, 6.45) is 3.46. The smallest absolute Gasteiger partial charge is 0.246 e. The molecule has 1 aromatic rings. The summed E-state index contributed by atoms with van der Waals surface area (Å²) in [7, 11) is -1.96. The molecule has 0 aliphatic carbocycles. The molecule has 1 unspecified atom stereocenters. The van der Waals surface area contributed by atoms with Gasteiger partial charge in [0.15, 0.2) is 0 Å². The topological polar surface area (TPSA) is 87.3 Å². The molecule has 0 aromatic carbocycles. The number of H-pyrrole nitrogens is 1. The summed E-state index contributed by atoms with van der Waals surface area (Å²) >= 11 is 0. The minimum absolute atomic E-state index is 0.217. The number of rotatable bonds is 7. The molecule has 8 heteroatoms. The van der Waals surface area contributed by atoms with Crippen molar-refractivity contribution >= 4 is 10.0 Å². The first-order valence-electron chi connectivity index (χ1n) is 6.78. The lowest BCUT2D eigenvalue weighted by Gasteiger charge is -2.24. The van der Waals surface area contributed by atoms with Gasteiger partial charge in [0.2, 0.25) is 10.0 Å². The molecule has 1 atom stereocenters. The zero-order valence-corrected chi connectivity index (χ0v) is 12.7. The molecule has 2 heterocycles. The lowest BCUT2D eigenvalue weighted by molar-refractivity contribution is 0.176. The van der Waals surface area contributed by atoms with Crippen molar-refractivity contribution in [2.45, 2.75) is 30.7 Å². The number of methoxy groups -OCH3 is 1. The fourth-order valence-electron chi connectivity index (χ4n) is 2.40. The molecule has 1 aliphatic heterocycles. The lowest BCUT2D eigenvalue weighted by Crippen LogP contribution is -2.42. The van der Waals surface area contributed by atoms with E-state index < -0.39 is 10.0 Å². The van der Waals surface area contributed by atoms with Gasteiger partial charge in [-0.2, -0.15) is 9.40 Å². The third-order valence-corrected chi connectivity index (χ3v) is 5.51. The van der Waals surface area contributed by atoms with Gasteiger partial charge in [-0.05, 0) is 26.3 Å². The van der Waals surface area contributed by atoms with Crippen molar-refractivity contribution in [2.24, 2.45) is 0 Å². The Bertz CT molecular complexity index is 523. The molecular weight excluding hydrogens is 280 g/mol. The van der Waals surface area contributed by atoms with E-state index in [4.69, 9.17) is 4.74 Å². The number of hydrogen-bond acceptors (Lipinski definition) is 5. The van der Waals surface area contributed by atoms with E-state index in [1.54, 1.807) is 14.0 Å². The zero-order valence-electron chi connectivity index (χ0n) is 11.9. The fourth-order valence-corrected chi connectivity index (χ4v) is 3.99. The predicted octanol–water partition coefficient (Wildman–Crippen LogP) is 0.107. The summed E-state index contributed by atoms with van der Waals surface area (Å²) < 4.78 is 31.9. The normalized spacial score (nSPS) is 19.9. The van der Waals surface area contributed by atoms with E-state index in [2.05, 4.69) is 15.5 Å². The maximum absolute atomic E-state index is 12.7. The van der Waals surface area contributed by atoms with E-state index >= 15 is 0 Å². The third-order valence-electron chi connectivity index (χ3n) is 3.53. The first kappa shape index (κ1) is 15.4. The van der Waals surface area contributed by atoms with Crippen LogP contribution in [0.1, 0.15) is 18.5 Å². The van der Waals surface area contributed by atoms with Gasteiger partial charge in [0.1, 0.15) is 4.90 Å². The first-order valence-corrected chi connectivity index (χ1v) is 8.22. The molecule has 7 nitrogen and oxygen atoms in total. The first-order chi connectivity index (χ1) is 9.55. The van der Waals surface area contributed by atoms with Crippen LogP contribution in [0, 0.1) is 6.92 Å². The Balaban J connectivity index is 2.18. The molecule has 114 valence electrons. The maximum Gasteiger partial charge on any atom is 0.246 e. The second-order valence-electron chi connectivity index (χ2n) is 5.01. The standard InChI is InChI=1S/C12H22N4O3S/c1-10-12(8-14-15-10)20(17,18)16(6-7-19-2)9-11-4-3-5-13-11/h8,11,13H,3-7,9H2,1-2H3,(H,14,15). The van der Waals surface area contributed by atoms with Crippen molar-refractivity contribution in [3.8, 4) is 0 Å². The van der Waals surface area contributed by atoms with E-state index in [0.29, 0.717) is 25.4 Å². The van der Waals surface area contributed by atoms with Crippen LogP contribution < -0.4 is 5.32 Å². The molecule has 1 fully saturated rings. The van der Waals surface area contributed by atoms with E-state index in [-0.39, 0.29) is 10.9 Å². The molecule has 20 heavy (non-hydrogen) atoms. The highest BCUT2D eigenvalue weighted by Gasteiger charge is 2.30. The zero-order chi connectivity index (χ0) is 14.6. The summed E-state index contributed by atoms with van der Waals surface area (Å²) in [6, 6.07) is 0.217. The average molecular weight is 302 g/mol. The SMILES string of the molecule is COCCN(CC1CCCN1)S(=O)(=O)c1cn[nH]c1C. The molecule has 0 radical (unpaired) electrons. The van der Waals surface area contributed by atoms with Gasteiger partial charge in [0.05, 0.1) is 18.5 Å². The highest BCUT2D eigenvalue weighted by atomic mass is 32.2. The molecule has 2 rings (SSSR count). The maximum atomic E-state index is 12.7. The van der Waals surface area contributed by atoms with Crippen LogP contribution in [0.15, 0.2) is 11.1 Å². The molecule has 0 amide bonds. The Morgan fingerprint density at radius 1 is 1.55 bits per heavy atom. The van der Waals surface area contributed by atoms with Crippen molar-refractivity contribution in [3.63, 3.8) is 0 Å². The van der Waals surface area contributed by atoms with Crippen LogP contribution in [-0.4, -0.2) is 62.3 Å². The van der Waals surface area contributed by atoms with Gasteiger partial charge in [-0.15, -0.1) is 0 Å². The Morgan fingerprint density at radius 2 is 2.35 bits per heavy atom. The number of aryl methyl sites for hydroxylation is 1. The van der Waals surface area contributed by atoms with Gasteiger partial charge < -0.3 is 10.1 Å².